The number of ether oxygens (including phenoxy) is 1. The first-order valence-corrected chi connectivity index (χ1v) is 7.45. The number of nitrogens with zero attached hydrogens (tertiary/aromatic N) is 2. The Bertz CT molecular complexity index is 495. The van der Waals surface area contributed by atoms with E-state index in [-0.39, 0.29) is 12.1 Å². The SMILES string of the molecule is CCOC(=O)c1nc(SC)nc2c1NC(C)C(C)N2. The first-order valence-electron chi connectivity index (χ1n) is 6.23. The fraction of sp³-hybridized carbons (Fsp3) is 0.583. The molecule has 104 valence electrons. The second-order valence-corrected chi connectivity index (χ2v) is 5.14. The number of hydrogen-bond donors (Lipinski definition) is 2. The van der Waals surface area contributed by atoms with Crippen molar-refractivity contribution in [3.8, 4) is 0 Å². The monoisotopic (exact) mass is 282 g/mol. The molecule has 0 aliphatic carbocycles. The van der Waals surface area contributed by atoms with Gasteiger partial charge in [0, 0.05) is 12.1 Å². The summed E-state index contributed by atoms with van der Waals surface area (Å²) in [5.41, 5.74) is 0.921. The number of fused-ring (bicyclic) bond motifs is 1. The van der Waals surface area contributed by atoms with Crippen LogP contribution in [-0.4, -0.2) is 40.9 Å². The van der Waals surface area contributed by atoms with Crippen molar-refractivity contribution < 1.29 is 9.53 Å². The second kappa shape index (κ2) is 5.64. The molecular formula is C12H18N4O2S. The normalized spacial score (nSPS) is 21.1. The summed E-state index contributed by atoms with van der Waals surface area (Å²) in [6.45, 7) is 6.20. The molecule has 7 heteroatoms. The molecule has 2 atom stereocenters. The van der Waals surface area contributed by atoms with Crippen molar-refractivity contribution in [2.75, 3.05) is 23.5 Å². The van der Waals surface area contributed by atoms with Gasteiger partial charge in [-0.1, -0.05) is 11.8 Å². The third-order valence-electron chi connectivity index (χ3n) is 3.03. The zero-order valence-corrected chi connectivity index (χ0v) is 12.3. The minimum Gasteiger partial charge on any atom is -0.461 e. The zero-order valence-electron chi connectivity index (χ0n) is 11.5. The van der Waals surface area contributed by atoms with Gasteiger partial charge in [-0.3, -0.25) is 0 Å². The quantitative estimate of drug-likeness (QED) is 0.499. The van der Waals surface area contributed by atoms with E-state index in [1.165, 1.54) is 11.8 Å². The predicted molar refractivity (Wildman–Crippen MR) is 75.9 cm³/mol. The number of esters is 1. The zero-order chi connectivity index (χ0) is 14.0. The lowest BCUT2D eigenvalue weighted by Gasteiger charge is -2.31. The van der Waals surface area contributed by atoms with E-state index in [2.05, 4.69) is 27.5 Å². The molecule has 2 N–H and O–H groups in total. The highest BCUT2D eigenvalue weighted by molar-refractivity contribution is 7.98. The Morgan fingerprint density at radius 1 is 1.32 bits per heavy atom. The van der Waals surface area contributed by atoms with Crippen molar-refractivity contribution in [3.05, 3.63) is 5.69 Å². The first-order chi connectivity index (χ1) is 9.06. The minimum absolute atomic E-state index is 0.185. The van der Waals surface area contributed by atoms with Gasteiger partial charge in [0.15, 0.2) is 16.7 Å². The highest BCUT2D eigenvalue weighted by atomic mass is 32.2. The molecular weight excluding hydrogens is 264 g/mol. The van der Waals surface area contributed by atoms with E-state index in [0.717, 1.165) is 0 Å². The van der Waals surface area contributed by atoms with Crippen LogP contribution in [-0.2, 0) is 4.74 Å². The molecule has 6 nitrogen and oxygen atoms in total. The standard InChI is InChI=1S/C12H18N4O2S/c1-5-18-11(17)9-8-10(16-12(15-9)19-4)14-7(3)6(2)13-8/h6-7,13H,5H2,1-4H3,(H,14,15,16). The van der Waals surface area contributed by atoms with E-state index in [1.54, 1.807) is 6.92 Å². The highest BCUT2D eigenvalue weighted by Gasteiger charge is 2.28. The predicted octanol–water partition coefficient (Wildman–Crippen LogP) is 1.99. The molecule has 0 bridgehead atoms. The number of hydrogen-bond acceptors (Lipinski definition) is 7. The molecule has 0 fully saturated rings. The fourth-order valence-corrected chi connectivity index (χ4v) is 2.18. The molecule has 0 amide bonds. The van der Waals surface area contributed by atoms with Gasteiger partial charge in [0.1, 0.15) is 5.69 Å². The Balaban J connectivity index is 2.47. The summed E-state index contributed by atoms with van der Waals surface area (Å²) in [5, 5.41) is 7.11. The molecule has 0 radical (unpaired) electrons. The van der Waals surface area contributed by atoms with Gasteiger partial charge in [0.2, 0.25) is 0 Å². The van der Waals surface area contributed by atoms with Crippen molar-refractivity contribution in [2.45, 2.75) is 38.0 Å². The highest BCUT2D eigenvalue weighted by Crippen LogP contribution is 2.31. The van der Waals surface area contributed by atoms with Crippen LogP contribution >= 0.6 is 11.8 Å². The Labute approximate surface area is 116 Å². The average molecular weight is 282 g/mol. The van der Waals surface area contributed by atoms with Crippen molar-refractivity contribution in [2.24, 2.45) is 0 Å². The third-order valence-corrected chi connectivity index (χ3v) is 3.57. The Morgan fingerprint density at radius 2 is 2.00 bits per heavy atom. The number of anilines is 2. The molecule has 1 aliphatic rings. The van der Waals surface area contributed by atoms with Gasteiger partial charge in [0.05, 0.1) is 6.61 Å². The van der Waals surface area contributed by atoms with Gasteiger partial charge >= 0.3 is 5.97 Å². The molecule has 1 aromatic rings. The van der Waals surface area contributed by atoms with Gasteiger partial charge in [-0.25, -0.2) is 14.8 Å². The number of thioether (sulfide) groups is 1. The van der Waals surface area contributed by atoms with Crippen LogP contribution in [0.25, 0.3) is 0 Å². The molecule has 19 heavy (non-hydrogen) atoms. The largest absolute Gasteiger partial charge is 0.461 e. The molecule has 0 aromatic carbocycles. The number of nitrogens with one attached hydrogen (secondary N) is 2. The lowest BCUT2D eigenvalue weighted by molar-refractivity contribution is 0.0519. The number of carbonyl (C=O) groups is 1. The topological polar surface area (TPSA) is 76.1 Å². The van der Waals surface area contributed by atoms with E-state index in [9.17, 15) is 4.79 Å². The van der Waals surface area contributed by atoms with Crippen molar-refractivity contribution >= 4 is 29.2 Å². The van der Waals surface area contributed by atoms with Crippen LogP contribution in [0.4, 0.5) is 11.5 Å². The molecule has 0 saturated carbocycles. The Hall–Kier alpha value is -1.50. The summed E-state index contributed by atoms with van der Waals surface area (Å²) in [6, 6.07) is 0.413. The van der Waals surface area contributed by atoms with Crippen molar-refractivity contribution in [3.63, 3.8) is 0 Å². The van der Waals surface area contributed by atoms with E-state index >= 15 is 0 Å². The van der Waals surface area contributed by atoms with Crippen LogP contribution in [0.15, 0.2) is 5.16 Å². The van der Waals surface area contributed by atoms with Crippen LogP contribution in [0.5, 0.6) is 0 Å². The van der Waals surface area contributed by atoms with E-state index in [0.29, 0.717) is 29.0 Å². The summed E-state index contributed by atoms with van der Waals surface area (Å²) in [6.07, 6.45) is 1.87. The fourth-order valence-electron chi connectivity index (χ4n) is 1.81. The summed E-state index contributed by atoms with van der Waals surface area (Å²) in [7, 11) is 0. The first kappa shape index (κ1) is 13.9. The maximum Gasteiger partial charge on any atom is 0.359 e. The average Bonchev–Trinajstić information content (AvgIpc) is 2.39. The molecule has 2 heterocycles. The number of rotatable bonds is 3. The number of carbonyl (C=O) groups excluding carboxylic acids is 1. The van der Waals surface area contributed by atoms with Crippen LogP contribution in [0.1, 0.15) is 31.3 Å². The second-order valence-electron chi connectivity index (χ2n) is 4.37. The van der Waals surface area contributed by atoms with Crippen LogP contribution in [0, 0.1) is 0 Å². The van der Waals surface area contributed by atoms with Gasteiger partial charge in [0.25, 0.3) is 0 Å². The smallest absolute Gasteiger partial charge is 0.359 e. The maximum absolute atomic E-state index is 12.0. The molecule has 0 spiro atoms. The number of aromatic nitrogens is 2. The maximum atomic E-state index is 12.0. The van der Waals surface area contributed by atoms with Crippen LogP contribution < -0.4 is 10.6 Å². The summed E-state index contributed by atoms with van der Waals surface area (Å²) < 4.78 is 5.05. The molecule has 2 unspecified atom stereocenters. The Morgan fingerprint density at radius 3 is 2.63 bits per heavy atom. The van der Waals surface area contributed by atoms with E-state index in [1.807, 2.05) is 13.2 Å². The lowest BCUT2D eigenvalue weighted by Crippen LogP contribution is -2.40. The molecule has 1 aromatic heterocycles. The summed E-state index contributed by atoms with van der Waals surface area (Å²) in [5.74, 6) is 0.237. The van der Waals surface area contributed by atoms with Gasteiger partial charge < -0.3 is 15.4 Å². The minimum atomic E-state index is -0.424. The van der Waals surface area contributed by atoms with Gasteiger partial charge in [-0.05, 0) is 27.0 Å². The lowest BCUT2D eigenvalue weighted by atomic mass is 10.1. The third kappa shape index (κ3) is 2.75. The molecule has 1 aliphatic heterocycles. The summed E-state index contributed by atoms with van der Waals surface area (Å²) >= 11 is 1.40. The summed E-state index contributed by atoms with van der Waals surface area (Å²) in [4.78, 5) is 20.6. The van der Waals surface area contributed by atoms with Crippen LogP contribution in [0.2, 0.25) is 0 Å². The molecule has 2 rings (SSSR count). The molecule has 0 saturated heterocycles. The van der Waals surface area contributed by atoms with Crippen LogP contribution in [0.3, 0.4) is 0 Å². The van der Waals surface area contributed by atoms with Crippen molar-refractivity contribution in [1.82, 2.24) is 9.97 Å². The van der Waals surface area contributed by atoms with E-state index in [4.69, 9.17) is 4.74 Å². The van der Waals surface area contributed by atoms with Gasteiger partial charge in [-0.15, -0.1) is 0 Å². The Kier molecular flexibility index (Phi) is 4.14. The van der Waals surface area contributed by atoms with Crippen molar-refractivity contribution in [1.29, 1.82) is 0 Å². The van der Waals surface area contributed by atoms with E-state index < -0.39 is 5.97 Å². The van der Waals surface area contributed by atoms with Gasteiger partial charge in [-0.2, -0.15) is 0 Å².